The lowest BCUT2D eigenvalue weighted by atomic mass is 10.1. The molecule has 3 heterocycles. The second-order valence-electron chi connectivity index (χ2n) is 5.63. The Bertz CT molecular complexity index is 526. The van der Waals surface area contributed by atoms with Gasteiger partial charge in [0.05, 0.1) is 31.9 Å². The summed E-state index contributed by atoms with van der Waals surface area (Å²) in [4.78, 5) is 25.9. The lowest BCUT2D eigenvalue weighted by Crippen LogP contribution is -2.55. The van der Waals surface area contributed by atoms with Crippen LogP contribution in [-0.2, 0) is 19.1 Å². The number of hydrogen-bond acceptors (Lipinski definition) is 5. The van der Waals surface area contributed by atoms with Crippen LogP contribution in [-0.4, -0.2) is 59.8 Å². The monoisotopic (exact) mass is 308 g/mol. The number of nitrogens with zero attached hydrogens (tertiary/aromatic N) is 1. The van der Waals surface area contributed by atoms with Gasteiger partial charge in [-0.25, -0.2) is 4.79 Å². The van der Waals surface area contributed by atoms with Crippen molar-refractivity contribution in [2.45, 2.75) is 37.9 Å². The van der Waals surface area contributed by atoms with Gasteiger partial charge in [0.2, 0.25) is 11.8 Å². The number of rotatable bonds is 4. The highest BCUT2D eigenvalue weighted by atomic mass is 16.5. The van der Waals surface area contributed by atoms with Gasteiger partial charge in [-0.05, 0) is 25.8 Å². The summed E-state index contributed by atoms with van der Waals surface area (Å²) in [5, 5.41) is 12.1. The molecule has 0 radical (unpaired) electrons. The lowest BCUT2D eigenvalue weighted by molar-refractivity contribution is -0.142. The molecule has 3 unspecified atom stereocenters. The SMILES string of the molecule is CCOC1=C(C(=O)O)C=CC(C(=O)N2C3CCC2COC3)N1. The number of hydrogen-bond donors (Lipinski definition) is 2. The van der Waals surface area contributed by atoms with Crippen LogP contribution in [0.3, 0.4) is 0 Å². The van der Waals surface area contributed by atoms with Gasteiger partial charge >= 0.3 is 5.97 Å². The molecular weight excluding hydrogens is 288 g/mol. The number of fused-ring (bicyclic) bond motifs is 2. The molecule has 1 amide bonds. The van der Waals surface area contributed by atoms with E-state index in [0.717, 1.165) is 12.8 Å². The summed E-state index contributed by atoms with van der Waals surface area (Å²) in [6.07, 6.45) is 4.95. The van der Waals surface area contributed by atoms with E-state index in [1.54, 1.807) is 13.0 Å². The van der Waals surface area contributed by atoms with Crippen molar-refractivity contribution >= 4 is 11.9 Å². The molecule has 0 aliphatic carbocycles. The number of nitrogens with one attached hydrogen (secondary N) is 1. The summed E-state index contributed by atoms with van der Waals surface area (Å²) in [6, 6.07) is -0.338. The molecule has 2 bridgehead atoms. The van der Waals surface area contributed by atoms with Crippen LogP contribution in [0.15, 0.2) is 23.6 Å². The van der Waals surface area contributed by atoms with E-state index in [2.05, 4.69) is 5.32 Å². The Morgan fingerprint density at radius 1 is 1.41 bits per heavy atom. The molecule has 0 aromatic carbocycles. The standard InChI is InChI=1S/C15H20N2O5/c1-2-22-13-11(15(19)20)5-6-12(16-13)14(18)17-9-3-4-10(17)8-21-7-9/h5-6,9-10,12,16H,2-4,7-8H2,1H3,(H,19,20). The van der Waals surface area contributed by atoms with Crippen molar-refractivity contribution < 1.29 is 24.2 Å². The van der Waals surface area contributed by atoms with E-state index in [4.69, 9.17) is 14.6 Å². The summed E-state index contributed by atoms with van der Waals surface area (Å²) in [5.41, 5.74) is 0.0378. The molecule has 2 saturated heterocycles. The largest absolute Gasteiger partial charge is 0.479 e. The van der Waals surface area contributed by atoms with E-state index in [-0.39, 0.29) is 29.4 Å². The third-order valence-electron chi connectivity index (χ3n) is 4.27. The highest BCUT2D eigenvalue weighted by molar-refractivity contribution is 5.93. The van der Waals surface area contributed by atoms with Crippen LogP contribution in [0.5, 0.6) is 0 Å². The summed E-state index contributed by atoms with van der Waals surface area (Å²) in [5.74, 6) is -0.977. The van der Waals surface area contributed by atoms with Gasteiger partial charge in [-0.15, -0.1) is 0 Å². The van der Waals surface area contributed by atoms with Gasteiger partial charge in [0.15, 0.2) is 0 Å². The molecule has 3 aliphatic rings. The molecule has 120 valence electrons. The third-order valence-corrected chi connectivity index (χ3v) is 4.27. The average molecular weight is 308 g/mol. The van der Waals surface area contributed by atoms with Crippen molar-refractivity contribution in [2.75, 3.05) is 19.8 Å². The van der Waals surface area contributed by atoms with Crippen LogP contribution < -0.4 is 5.32 Å². The van der Waals surface area contributed by atoms with Gasteiger partial charge in [0, 0.05) is 0 Å². The number of carboxylic acids is 1. The first-order chi connectivity index (χ1) is 10.6. The Balaban J connectivity index is 1.76. The number of aliphatic carboxylic acids is 1. The molecule has 22 heavy (non-hydrogen) atoms. The molecular formula is C15H20N2O5. The molecule has 3 aliphatic heterocycles. The molecule has 0 aromatic rings. The number of ether oxygens (including phenoxy) is 2. The van der Waals surface area contributed by atoms with Crippen molar-refractivity contribution in [1.29, 1.82) is 0 Å². The van der Waals surface area contributed by atoms with Gasteiger partial charge in [0.25, 0.3) is 0 Å². The summed E-state index contributed by atoms with van der Waals surface area (Å²) >= 11 is 0. The fraction of sp³-hybridized carbons (Fsp3) is 0.600. The molecule has 3 rings (SSSR count). The zero-order chi connectivity index (χ0) is 15.7. The van der Waals surface area contributed by atoms with Crippen LogP contribution in [0, 0.1) is 0 Å². The minimum Gasteiger partial charge on any atom is -0.479 e. The molecule has 0 saturated carbocycles. The van der Waals surface area contributed by atoms with E-state index in [1.165, 1.54) is 6.08 Å². The van der Waals surface area contributed by atoms with Gasteiger partial charge < -0.3 is 24.8 Å². The zero-order valence-corrected chi connectivity index (χ0v) is 12.4. The van der Waals surface area contributed by atoms with E-state index in [1.807, 2.05) is 4.90 Å². The van der Waals surface area contributed by atoms with Crippen molar-refractivity contribution in [2.24, 2.45) is 0 Å². The first-order valence-corrected chi connectivity index (χ1v) is 7.56. The predicted molar refractivity (Wildman–Crippen MR) is 76.8 cm³/mol. The van der Waals surface area contributed by atoms with Crippen LogP contribution in [0.25, 0.3) is 0 Å². The average Bonchev–Trinajstić information content (AvgIpc) is 2.75. The van der Waals surface area contributed by atoms with Gasteiger partial charge in [-0.1, -0.05) is 6.08 Å². The van der Waals surface area contributed by atoms with Crippen molar-refractivity contribution in [1.82, 2.24) is 10.2 Å². The van der Waals surface area contributed by atoms with E-state index < -0.39 is 12.0 Å². The Morgan fingerprint density at radius 3 is 2.68 bits per heavy atom. The quantitative estimate of drug-likeness (QED) is 0.773. The second-order valence-corrected chi connectivity index (χ2v) is 5.63. The minimum absolute atomic E-state index is 0.0378. The first kappa shape index (κ1) is 14.9. The van der Waals surface area contributed by atoms with Gasteiger partial charge in [-0.3, -0.25) is 4.79 Å². The number of amides is 1. The molecule has 0 aromatic heterocycles. The number of carbonyl (C=O) groups is 2. The smallest absolute Gasteiger partial charge is 0.341 e. The maximum Gasteiger partial charge on any atom is 0.341 e. The second kappa shape index (κ2) is 6.00. The van der Waals surface area contributed by atoms with Crippen LogP contribution in [0.1, 0.15) is 19.8 Å². The number of carbonyl (C=O) groups excluding carboxylic acids is 1. The summed E-state index contributed by atoms with van der Waals surface area (Å²) in [7, 11) is 0. The van der Waals surface area contributed by atoms with Crippen LogP contribution in [0.2, 0.25) is 0 Å². The normalized spacial score (nSPS) is 30.2. The number of carboxylic acid groups (broad SMARTS) is 1. The van der Waals surface area contributed by atoms with Crippen molar-refractivity contribution in [3.05, 3.63) is 23.6 Å². The van der Waals surface area contributed by atoms with Gasteiger partial charge in [-0.2, -0.15) is 0 Å². The highest BCUT2D eigenvalue weighted by Gasteiger charge is 2.42. The number of dihydropyridines is 1. The Kier molecular flexibility index (Phi) is 4.06. The fourth-order valence-electron chi connectivity index (χ4n) is 3.26. The summed E-state index contributed by atoms with van der Waals surface area (Å²) < 4.78 is 10.8. The van der Waals surface area contributed by atoms with E-state index in [0.29, 0.717) is 19.8 Å². The zero-order valence-electron chi connectivity index (χ0n) is 12.4. The Labute approximate surface area is 128 Å². The van der Waals surface area contributed by atoms with Gasteiger partial charge in [0.1, 0.15) is 11.6 Å². The Morgan fingerprint density at radius 2 is 2.09 bits per heavy atom. The van der Waals surface area contributed by atoms with Crippen molar-refractivity contribution in [3.63, 3.8) is 0 Å². The lowest BCUT2D eigenvalue weighted by Gasteiger charge is -2.37. The Hall–Kier alpha value is -2.02. The minimum atomic E-state index is -1.08. The van der Waals surface area contributed by atoms with Crippen LogP contribution >= 0.6 is 0 Å². The topological polar surface area (TPSA) is 88.1 Å². The predicted octanol–water partition coefficient (Wildman–Crippen LogP) is 0.237. The highest BCUT2D eigenvalue weighted by Crippen LogP contribution is 2.30. The molecule has 3 atom stereocenters. The maximum absolute atomic E-state index is 12.8. The molecule has 2 N–H and O–H groups in total. The molecule has 7 nitrogen and oxygen atoms in total. The molecule has 2 fully saturated rings. The molecule has 7 heteroatoms. The maximum atomic E-state index is 12.8. The van der Waals surface area contributed by atoms with Crippen molar-refractivity contribution in [3.8, 4) is 0 Å². The number of morpholine rings is 1. The van der Waals surface area contributed by atoms with E-state index in [9.17, 15) is 9.59 Å². The molecule has 0 spiro atoms. The first-order valence-electron chi connectivity index (χ1n) is 7.56. The van der Waals surface area contributed by atoms with E-state index >= 15 is 0 Å². The third kappa shape index (κ3) is 2.56. The fourth-order valence-corrected chi connectivity index (χ4v) is 3.26. The van der Waals surface area contributed by atoms with Crippen LogP contribution in [0.4, 0.5) is 0 Å². The summed E-state index contributed by atoms with van der Waals surface area (Å²) in [6.45, 7) is 3.25.